The monoisotopic (exact) mass is 339 g/mol. The summed E-state index contributed by atoms with van der Waals surface area (Å²) in [5, 5.41) is 0. The Kier molecular flexibility index (Phi) is 3.15. The van der Waals surface area contributed by atoms with Gasteiger partial charge in [0.05, 0.1) is 11.0 Å². The van der Waals surface area contributed by atoms with Crippen molar-refractivity contribution < 1.29 is 0 Å². The van der Waals surface area contributed by atoms with Crippen molar-refractivity contribution in [3.63, 3.8) is 0 Å². The van der Waals surface area contributed by atoms with Crippen LogP contribution in [0.3, 0.4) is 0 Å². The third-order valence-corrected chi connectivity index (χ3v) is 4.74. The smallest absolute Gasteiger partial charge is 0.221 e. The summed E-state index contributed by atoms with van der Waals surface area (Å²) in [4.78, 5) is 13.4. The topological polar surface area (TPSA) is 69.6 Å². The minimum Gasteiger partial charge on any atom is -0.368 e. The number of anilines is 1. The average Bonchev–Trinajstić information content (AvgIpc) is 3.24. The van der Waals surface area contributed by atoms with Crippen molar-refractivity contribution in [2.24, 2.45) is 0 Å². The molecule has 1 aliphatic carbocycles. The lowest BCUT2D eigenvalue weighted by molar-refractivity contribution is 1.01. The Morgan fingerprint density at radius 3 is 2.85 bits per heavy atom. The predicted octanol–water partition coefficient (Wildman–Crippen LogP) is 3.94. The molecule has 4 aromatic rings. The number of hydrogen-bond donors (Lipinski definition) is 1. The Morgan fingerprint density at radius 1 is 1.04 bits per heavy atom. The summed E-state index contributed by atoms with van der Waals surface area (Å²) < 4.78 is 2.05. The molecule has 0 unspecified atom stereocenters. The fourth-order valence-electron chi connectivity index (χ4n) is 3.49. The number of rotatable bonds is 2. The maximum Gasteiger partial charge on any atom is 0.221 e. The third kappa shape index (κ3) is 2.29. The number of aryl methyl sites for hydroxylation is 1. The zero-order valence-electron chi connectivity index (χ0n) is 14.3. The molecule has 0 saturated carbocycles. The molecule has 2 aromatic carbocycles. The van der Waals surface area contributed by atoms with Gasteiger partial charge in [-0.25, -0.2) is 9.97 Å². The molecule has 5 nitrogen and oxygen atoms in total. The molecule has 0 spiro atoms. The first-order chi connectivity index (χ1) is 12.7. The largest absolute Gasteiger partial charge is 0.368 e. The normalized spacial score (nSPS) is 12.7. The van der Waals surface area contributed by atoms with Gasteiger partial charge in [-0.15, -0.1) is 0 Å². The lowest BCUT2D eigenvalue weighted by Gasteiger charge is -2.10. The predicted molar refractivity (Wildman–Crippen MR) is 104 cm³/mol. The van der Waals surface area contributed by atoms with E-state index in [1.165, 1.54) is 16.7 Å². The standard InChI is InChI=1S/C21H17N5/c1-13-5-8-18-17(11-13)24-20(26(18)19-9-10-23-21(22)25-19)16-7-6-14-3-2-4-15(14)12-16/h2,4-12H,3H2,1H3,(H2,22,23,25). The van der Waals surface area contributed by atoms with E-state index in [2.05, 4.69) is 65.4 Å². The van der Waals surface area contributed by atoms with Crippen LogP contribution in [0.15, 0.2) is 54.7 Å². The van der Waals surface area contributed by atoms with Crippen LogP contribution in [0.5, 0.6) is 0 Å². The summed E-state index contributed by atoms with van der Waals surface area (Å²) in [6, 6.07) is 14.6. The Labute approximate surface area is 150 Å². The first-order valence-corrected chi connectivity index (χ1v) is 8.57. The Balaban J connectivity index is 1.81. The Hall–Kier alpha value is -3.47. The molecule has 0 radical (unpaired) electrons. The molecular weight excluding hydrogens is 322 g/mol. The number of aromatic nitrogens is 4. The van der Waals surface area contributed by atoms with Crippen LogP contribution in [0.4, 0.5) is 5.95 Å². The van der Waals surface area contributed by atoms with Crippen molar-refractivity contribution in [3.05, 3.63) is 71.4 Å². The van der Waals surface area contributed by atoms with Gasteiger partial charge in [-0.3, -0.25) is 4.57 Å². The Morgan fingerprint density at radius 2 is 1.96 bits per heavy atom. The van der Waals surface area contributed by atoms with Crippen LogP contribution in [0, 0.1) is 6.92 Å². The summed E-state index contributed by atoms with van der Waals surface area (Å²) in [6.45, 7) is 2.07. The summed E-state index contributed by atoms with van der Waals surface area (Å²) >= 11 is 0. The van der Waals surface area contributed by atoms with Gasteiger partial charge < -0.3 is 5.73 Å². The van der Waals surface area contributed by atoms with Gasteiger partial charge in [0, 0.05) is 11.8 Å². The highest BCUT2D eigenvalue weighted by atomic mass is 15.2. The molecule has 5 rings (SSSR count). The maximum atomic E-state index is 5.83. The number of nitrogens with two attached hydrogens (primary N) is 1. The first kappa shape index (κ1) is 14.8. The van der Waals surface area contributed by atoms with Gasteiger partial charge in [-0.2, -0.15) is 4.98 Å². The van der Waals surface area contributed by atoms with E-state index in [9.17, 15) is 0 Å². The molecule has 2 N–H and O–H groups in total. The number of hydrogen-bond acceptors (Lipinski definition) is 4. The van der Waals surface area contributed by atoms with Gasteiger partial charge in [0.1, 0.15) is 11.6 Å². The second-order valence-corrected chi connectivity index (χ2v) is 6.56. The summed E-state index contributed by atoms with van der Waals surface area (Å²) in [5.74, 6) is 1.82. The minimum atomic E-state index is 0.249. The molecule has 0 amide bonds. The number of nitrogens with zero attached hydrogens (tertiary/aromatic N) is 4. The number of nitrogen functional groups attached to an aromatic ring is 1. The van der Waals surface area contributed by atoms with Gasteiger partial charge in [0.2, 0.25) is 5.95 Å². The van der Waals surface area contributed by atoms with Crippen LogP contribution >= 0.6 is 0 Å². The number of allylic oxidation sites excluding steroid dienone is 1. The molecule has 2 heterocycles. The van der Waals surface area contributed by atoms with Gasteiger partial charge in [-0.05, 0) is 54.3 Å². The molecule has 26 heavy (non-hydrogen) atoms. The van der Waals surface area contributed by atoms with E-state index in [1.807, 2.05) is 10.6 Å². The third-order valence-electron chi connectivity index (χ3n) is 4.74. The molecule has 0 saturated heterocycles. The lowest BCUT2D eigenvalue weighted by Crippen LogP contribution is -2.04. The number of fused-ring (bicyclic) bond motifs is 2. The first-order valence-electron chi connectivity index (χ1n) is 8.57. The van der Waals surface area contributed by atoms with Crippen LogP contribution in [0.1, 0.15) is 16.7 Å². The highest BCUT2D eigenvalue weighted by Gasteiger charge is 2.17. The van der Waals surface area contributed by atoms with E-state index in [0.717, 1.165) is 34.7 Å². The Bertz CT molecular complexity index is 1190. The molecule has 126 valence electrons. The zero-order chi connectivity index (χ0) is 17.7. The van der Waals surface area contributed by atoms with Crippen molar-refractivity contribution in [2.45, 2.75) is 13.3 Å². The van der Waals surface area contributed by atoms with Crippen LogP contribution in [0.2, 0.25) is 0 Å². The maximum absolute atomic E-state index is 5.83. The number of imidazole rings is 1. The minimum absolute atomic E-state index is 0.249. The molecule has 0 aliphatic heterocycles. The second kappa shape index (κ2) is 5.52. The molecule has 2 aromatic heterocycles. The average molecular weight is 339 g/mol. The SMILES string of the molecule is Cc1ccc2c(c1)nc(-c1ccc3c(c1)C=CC3)n2-c1ccnc(N)n1. The van der Waals surface area contributed by atoms with Gasteiger partial charge in [0.15, 0.2) is 0 Å². The fourth-order valence-corrected chi connectivity index (χ4v) is 3.49. The van der Waals surface area contributed by atoms with Gasteiger partial charge in [-0.1, -0.05) is 30.4 Å². The van der Waals surface area contributed by atoms with Crippen LogP contribution in [0.25, 0.3) is 34.3 Å². The molecule has 1 aliphatic rings. The molecule has 0 bridgehead atoms. The second-order valence-electron chi connectivity index (χ2n) is 6.56. The molecule has 0 fully saturated rings. The van der Waals surface area contributed by atoms with Crippen molar-refractivity contribution >= 4 is 23.1 Å². The van der Waals surface area contributed by atoms with Gasteiger partial charge >= 0.3 is 0 Å². The highest BCUT2D eigenvalue weighted by Crippen LogP contribution is 2.31. The summed E-state index contributed by atoms with van der Waals surface area (Å²) in [5.41, 5.74) is 12.6. The van der Waals surface area contributed by atoms with E-state index in [0.29, 0.717) is 0 Å². The van der Waals surface area contributed by atoms with E-state index >= 15 is 0 Å². The molecular formula is C21H17N5. The van der Waals surface area contributed by atoms with Crippen molar-refractivity contribution in [2.75, 3.05) is 5.73 Å². The van der Waals surface area contributed by atoms with Crippen LogP contribution in [-0.2, 0) is 6.42 Å². The highest BCUT2D eigenvalue weighted by molar-refractivity contribution is 5.84. The molecule has 5 heteroatoms. The van der Waals surface area contributed by atoms with Crippen molar-refractivity contribution in [3.8, 4) is 17.2 Å². The summed E-state index contributed by atoms with van der Waals surface area (Å²) in [6.07, 6.45) is 7.02. The quantitative estimate of drug-likeness (QED) is 0.600. The number of benzene rings is 2. The fraction of sp³-hybridized carbons (Fsp3) is 0.0952. The van der Waals surface area contributed by atoms with Crippen molar-refractivity contribution in [1.82, 2.24) is 19.5 Å². The van der Waals surface area contributed by atoms with Crippen LogP contribution in [-0.4, -0.2) is 19.5 Å². The van der Waals surface area contributed by atoms with E-state index in [4.69, 9.17) is 10.7 Å². The van der Waals surface area contributed by atoms with Crippen molar-refractivity contribution in [1.29, 1.82) is 0 Å². The molecule has 0 atom stereocenters. The van der Waals surface area contributed by atoms with E-state index < -0.39 is 0 Å². The zero-order valence-corrected chi connectivity index (χ0v) is 14.3. The van der Waals surface area contributed by atoms with E-state index in [-0.39, 0.29) is 5.95 Å². The summed E-state index contributed by atoms with van der Waals surface area (Å²) in [7, 11) is 0. The van der Waals surface area contributed by atoms with E-state index in [1.54, 1.807) is 6.20 Å². The van der Waals surface area contributed by atoms with Crippen LogP contribution < -0.4 is 5.73 Å². The lowest BCUT2D eigenvalue weighted by atomic mass is 10.1. The van der Waals surface area contributed by atoms with Gasteiger partial charge in [0.25, 0.3) is 0 Å².